The second-order valence-electron chi connectivity index (χ2n) is 12.7. The van der Waals surface area contributed by atoms with Crippen molar-refractivity contribution in [3.63, 3.8) is 0 Å². The molecule has 0 radical (unpaired) electrons. The first-order valence-corrected chi connectivity index (χ1v) is 16.7. The molecule has 4 heterocycles. The summed E-state index contributed by atoms with van der Waals surface area (Å²) in [4.78, 5) is 50.6. The van der Waals surface area contributed by atoms with Gasteiger partial charge in [-0.25, -0.2) is 9.59 Å². The lowest BCUT2D eigenvalue weighted by Crippen LogP contribution is -2.70. The highest BCUT2D eigenvalue weighted by molar-refractivity contribution is 6.42. The van der Waals surface area contributed by atoms with Crippen molar-refractivity contribution < 1.29 is 19.1 Å². The van der Waals surface area contributed by atoms with Crippen molar-refractivity contribution in [1.82, 2.24) is 24.5 Å². The molecule has 3 fully saturated rings. The first-order chi connectivity index (χ1) is 21.8. The number of amides is 3. The van der Waals surface area contributed by atoms with Gasteiger partial charge in [0.2, 0.25) is 0 Å². The van der Waals surface area contributed by atoms with Gasteiger partial charge in [0.1, 0.15) is 18.6 Å². The molecule has 4 aliphatic heterocycles. The molecule has 3 amide bonds. The Balaban J connectivity index is 1.24. The Morgan fingerprint density at radius 1 is 0.978 bits per heavy atom. The third-order valence-corrected chi connectivity index (χ3v) is 10.9. The summed E-state index contributed by atoms with van der Waals surface area (Å²) in [5.41, 5.74) is 1.69. The highest BCUT2D eigenvalue weighted by Crippen LogP contribution is 2.40. The van der Waals surface area contributed by atoms with Crippen molar-refractivity contribution in [1.29, 1.82) is 0 Å². The summed E-state index contributed by atoms with van der Waals surface area (Å²) in [5, 5.41) is 3.87. The van der Waals surface area contributed by atoms with Crippen LogP contribution in [0.25, 0.3) is 0 Å². The van der Waals surface area contributed by atoms with E-state index >= 15 is 0 Å². The number of aldehydes is 1. The number of hydrogen-bond acceptors (Lipinski definition) is 7. The predicted octanol–water partition coefficient (Wildman–Crippen LogP) is 5.14. The number of piperazine rings is 1. The van der Waals surface area contributed by atoms with Gasteiger partial charge in [0.05, 0.1) is 10.0 Å². The van der Waals surface area contributed by atoms with E-state index in [1.807, 2.05) is 29.2 Å². The highest BCUT2D eigenvalue weighted by atomic mass is 35.5. The molecule has 0 aliphatic carbocycles. The van der Waals surface area contributed by atoms with Gasteiger partial charge in [-0.3, -0.25) is 14.7 Å². The first-order valence-electron chi connectivity index (χ1n) is 15.9. The summed E-state index contributed by atoms with van der Waals surface area (Å²) >= 11 is 12.3. The molecule has 6 rings (SSSR count). The van der Waals surface area contributed by atoms with Crippen LogP contribution in [-0.2, 0) is 22.7 Å². The van der Waals surface area contributed by atoms with Gasteiger partial charge in [0.15, 0.2) is 0 Å². The van der Waals surface area contributed by atoms with Crippen LogP contribution in [0.5, 0.6) is 0 Å². The number of rotatable bonds is 7. The zero-order chi connectivity index (χ0) is 31.6. The van der Waals surface area contributed by atoms with E-state index in [2.05, 4.69) is 27.1 Å². The minimum atomic E-state index is -0.913. The molecule has 4 aliphatic rings. The summed E-state index contributed by atoms with van der Waals surface area (Å²) in [7, 11) is 2.17. The van der Waals surface area contributed by atoms with E-state index in [1.54, 1.807) is 23.1 Å². The van der Waals surface area contributed by atoms with Crippen LogP contribution in [0.3, 0.4) is 0 Å². The molecule has 0 unspecified atom stereocenters. The molecule has 0 aromatic heterocycles. The van der Waals surface area contributed by atoms with E-state index in [4.69, 9.17) is 27.9 Å². The number of urea groups is 1. The Morgan fingerprint density at radius 2 is 1.71 bits per heavy atom. The smallest absolute Gasteiger partial charge is 0.411 e. The molecule has 45 heavy (non-hydrogen) atoms. The molecule has 2 aromatic rings. The number of carbonyl (C=O) groups is 3. The van der Waals surface area contributed by atoms with Crippen molar-refractivity contribution in [2.24, 2.45) is 0 Å². The summed E-state index contributed by atoms with van der Waals surface area (Å²) < 4.78 is 5.87. The number of likely N-dealkylation sites (N-methyl/N-ethyl adjacent to an activating group) is 1. The number of halogens is 2. The lowest BCUT2D eigenvalue weighted by Gasteiger charge is -2.57. The average Bonchev–Trinajstić information content (AvgIpc) is 3.05. The third kappa shape index (κ3) is 6.81. The summed E-state index contributed by atoms with van der Waals surface area (Å²) in [6, 6.07) is 13.2. The number of para-hydroxylation sites is 1. The molecule has 12 heteroatoms. The molecular weight excluding hydrogens is 615 g/mol. The number of anilines is 1. The maximum absolute atomic E-state index is 13.9. The van der Waals surface area contributed by atoms with Gasteiger partial charge in [0.25, 0.3) is 0 Å². The van der Waals surface area contributed by atoms with Gasteiger partial charge in [-0.15, -0.1) is 0 Å². The molecule has 0 spiro atoms. The maximum Gasteiger partial charge on any atom is 0.411 e. The lowest BCUT2D eigenvalue weighted by atomic mass is 9.84. The van der Waals surface area contributed by atoms with E-state index < -0.39 is 11.8 Å². The van der Waals surface area contributed by atoms with Crippen LogP contribution >= 0.6 is 23.2 Å². The van der Waals surface area contributed by atoms with Crippen LogP contribution in [0, 0.1) is 0 Å². The Morgan fingerprint density at radius 3 is 2.44 bits per heavy atom. The topological polar surface area (TPSA) is 88.7 Å². The van der Waals surface area contributed by atoms with E-state index in [1.165, 1.54) is 0 Å². The van der Waals surface area contributed by atoms with Crippen molar-refractivity contribution in [2.75, 3.05) is 58.2 Å². The number of likely N-dealkylation sites (tertiary alicyclic amines) is 2. The second kappa shape index (κ2) is 13.8. The molecule has 242 valence electrons. The Bertz CT molecular complexity index is 1400. The first kappa shape index (κ1) is 32.1. The van der Waals surface area contributed by atoms with E-state index in [9.17, 15) is 14.4 Å². The summed E-state index contributed by atoms with van der Waals surface area (Å²) in [5.74, 6) is 0. The van der Waals surface area contributed by atoms with Gasteiger partial charge in [-0.2, -0.15) is 0 Å². The van der Waals surface area contributed by atoms with Crippen molar-refractivity contribution in [2.45, 2.75) is 63.0 Å². The van der Waals surface area contributed by atoms with Gasteiger partial charge in [0, 0.05) is 83.0 Å². The molecule has 2 aromatic carbocycles. The number of nitrogens with one attached hydrogen (secondary N) is 1. The number of fused-ring (bicyclic) bond motifs is 1. The average molecular weight is 658 g/mol. The van der Waals surface area contributed by atoms with Crippen LogP contribution in [0.1, 0.15) is 43.2 Å². The van der Waals surface area contributed by atoms with Crippen LogP contribution in [0.4, 0.5) is 15.3 Å². The number of carbonyl (C=O) groups excluding carboxylic acids is 3. The molecule has 1 N–H and O–H groups in total. The van der Waals surface area contributed by atoms with Crippen LogP contribution in [-0.4, -0.2) is 114 Å². The quantitative estimate of drug-likeness (QED) is 0.413. The fraction of sp³-hybridized carbons (Fsp3) is 0.545. The zero-order valence-corrected chi connectivity index (χ0v) is 27.3. The minimum Gasteiger partial charge on any atom is -0.444 e. The van der Waals surface area contributed by atoms with Gasteiger partial charge in [-0.1, -0.05) is 47.5 Å². The SMILES string of the molecule is CN1CCN(C2CCN([C@]3(CC=O)C[C@H](N4Cc5ccccc5NC4=O)CCN3C(=O)OCc3ccc(Cl)c(Cl)c3)CC2)CC1. The number of piperidine rings is 2. The fourth-order valence-electron chi connectivity index (χ4n) is 7.56. The third-order valence-electron chi connectivity index (χ3n) is 10.1. The molecule has 2 atom stereocenters. The van der Waals surface area contributed by atoms with Gasteiger partial charge < -0.3 is 24.6 Å². The number of benzene rings is 2. The Kier molecular flexibility index (Phi) is 9.87. The van der Waals surface area contributed by atoms with E-state index in [-0.39, 0.29) is 25.1 Å². The van der Waals surface area contributed by atoms with Crippen molar-refractivity contribution in [3.05, 3.63) is 63.6 Å². The van der Waals surface area contributed by atoms with Crippen LogP contribution in [0.15, 0.2) is 42.5 Å². The molecular formula is C33H42Cl2N6O4. The summed E-state index contributed by atoms with van der Waals surface area (Å²) in [6.07, 6.45) is 3.53. The van der Waals surface area contributed by atoms with E-state index in [0.29, 0.717) is 42.0 Å². The highest BCUT2D eigenvalue weighted by Gasteiger charge is 2.52. The number of ether oxygens (including phenoxy) is 1. The van der Waals surface area contributed by atoms with Crippen LogP contribution in [0.2, 0.25) is 10.0 Å². The predicted molar refractivity (Wildman–Crippen MR) is 174 cm³/mol. The van der Waals surface area contributed by atoms with Gasteiger partial charge in [-0.05, 0) is 55.6 Å². The van der Waals surface area contributed by atoms with Crippen LogP contribution < -0.4 is 5.32 Å². The fourth-order valence-corrected chi connectivity index (χ4v) is 7.88. The zero-order valence-electron chi connectivity index (χ0n) is 25.8. The van der Waals surface area contributed by atoms with E-state index in [0.717, 1.165) is 75.2 Å². The normalized spacial score (nSPS) is 25.5. The summed E-state index contributed by atoms with van der Waals surface area (Å²) in [6.45, 7) is 6.63. The molecule has 3 saturated heterocycles. The number of hydrogen-bond donors (Lipinski definition) is 1. The number of nitrogens with zero attached hydrogens (tertiary/aromatic N) is 5. The Hall–Kier alpha value is -2.89. The maximum atomic E-state index is 13.9. The molecule has 10 nitrogen and oxygen atoms in total. The second-order valence-corrected chi connectivity index (χ2v) is 13.5. The molecule has 0 saturated carbocycles. The van der Waals surface area contributed by atoms with Gasteiger partial charge >= 0.3 is 12.1 Å². The van der Waals surface area contributed by atoms with Crippen molar-refractivity contribution >= 4 is 47.3 Å². The standard InChI is InChI=1S/C33H42Cl2N6O4/c1-37-15-17-38(18-16-37)26-8-12-39(13-9-26)33(11-19-42)21-27(40-22-25-4-2-3-5-30(25)36-31(40)43)10-14-41(33)32(44)45-23-24-6-7-28(34)29(35)20-24/h2-7,19-20,26-27H,8-18,21-23H2,1H3,(H,36,43)/t27-,33+/m1/s1. The molecule has 0 bridgehead atoms. The monoisotopic (exact) mass is 656 g/mol. The van der Waals surface area contributed by atoms with Crippen molar-refractivity contribution in [3.8, 4) is 0 Å². The lowest BCUT2D eigenvalue weighted by molar-refractivity contribution is -0.129. The minimum absolute atomic E-state index is 0.0314. The Labute approximate surface area is 275 Å². The largest absolute Gasteiger partial charge is 0.444 e.